The molecule has 0 radical (unpaired) electrons. The van der Waals surface area contributed by atoms with Crippen molar-refractivity contribution in [2.75, 3.05) is 31.6 Å². The number of hydrogen-bond acceptors (Lipinski definition) is 5. The van der Waals surface area contributed by atoms with Gasteiger partial charge in [0, 0.05) is 24.5 Å². The third-order valence-electron chi connectivity index (χ3n) is 6.62. The number of fused-ring (bicyclic) bond motifs is 2. The van der Waals surface area contributed by atoms with E-state index in [4.69, 9.17) is 4.74 Å². The SMILES string of the molecule is COc1ccc([C@H]2CN(c3ccc(C)nn3)[C@H]3C4CCN(CC4)[C@@H]23)cc1. The molecule has 0 amide bonds. The molecule has 4 saturated heterocycles. The molecule has 5 nitrogen and oxygen atoms in total. The molecule has 4 aliphatic rings. The molecule has 4 aliphatic heterocycles. The van der Waals surface area contributed by atoms with E-state index >= 15 is 0 Å². The van der Waals surface area contributed by atoms with E-state index in [1.54, 1.807) is 7.11 Å². The van der Waals surface area contributed by atoms with Crippen molar-refractivity contribution in [3.8, 4) is 5.75 Å². The fourth-order valence-electron chi connectivity index (χ4n) is 5.37. The van der Waals surface area contributed by atoms with Crippen molar-refractivity contribution in [2.24, 2.45) is 5.92 Å². The second kappa shape index (κ2) is 6.23. The zero-order chi connectivity index (χ0) is 17.7. The maximum Gasteiger partial charge on any atom is 0.151 e. The number of piperidine rings is 3. The van der Waals surface area contributed by atoms with Crippen LogP contribution in [0.2, 0.25) is 0 Å². The summed E-state index contributed by atoms with van der Waals surface area (Å²) in [4.78, 5) is 5.27. The summed E-state index contributed by atoms with van der Waals surface area (Å²) in [5.74, 6) is 3.25. The fraction of sp³-hybridized carbons (Fsp3) is 0.524. The summed E-state index contributed by atoms with van der Waals surface area (Å²) >= 11 is 0. The number of anilines is 1. The lowest BCUT2D eigenvalue weighted by molar-refractivity contribution is 0.0354. The predicted octanol–water partition coefficient (Wildman–Crippen LogP) is 2.86. The highest BCUT2D eigenvalue weighted by Gasteiger charge is 2.53. The maximum atomic E-state index is 5.35. The summed E-state index contributed by atoms with van der Waals surface area (Å²) in [7, 11) is 1.73. The Bertz CT molecular complexity index is 768. The molecule has 0 aliphatic carbocycles. The summed E-state index contributed by atoms with van der Waals surface area (Å²) < 4.78 is 5.35. The van der Waals surface area contributed by atoms with E-state index in [1.807, 2.05) is 6.92 Å². The lowest BCUT2D eigenvalue weighted by Gasteiger charge is -2.51. The minimum atomic E-state index is 0.511. The van der Waals surface area contributed by atoms with Gasteiger partial charge >= 0.3 is 0 Å². The number of ether oxygens (including phenoxy) is 1. The van der Waals surface area contributed by atoms with E-state index in [-0.39, 0.29) is 0 Å². The quantitative estimate of drug-likeness (QED) is 0.851. The first-order valence-electron chi connectivity index (χ1n) is 9.69. The summed E-state index contributed by atoms with van der Waals surface area (Å²) in [5.41, 5.74) is 2.39. The molecular formula is C21H26N4O. The Morgan fingerprint density at radius 2 is 1.73 bits per heavy atom. The summed E-state index contributed by atoms with van der Waals surface area (Å²) in [6.07, 6.45) is 2.62. The van der Waals surface area contributed by atoms with Crippen LogP contribution in [0.15, 0.2) is 36.4 Å². The van der Waals surface area contributed by atoms with Gasteiger partial charge in [0.2, 0.25) is 0 Å². The molecule has 1 aromatic carbocycles. The van der Waals surface area contributed by atoms with Gasteiger partial charge in [-0.1, -0.05) is 12.1 Å². The molecule has 5 heteroatoms. The molecule has 2 bridgehead atoms. The minimum absolute atomic E-state index is 0.511. The Kier molecular flexibility index (Phi) is 3.85. The number of rotatable bonds is 3. The van der Waals surface area contributed by atoms with Gasteiger partial charge in [-0.25, -0.2) is 0 Å². The number of benzene rings is 1. The van der Waals surface area contributed by atoms with Crippen molar-refractivity contribution in [1.29, 1.82) is 0 Å². The van der Waals surface area contributed by atoms with Crippen LogP contribution in [-0.2, 0) is 0 Å². The number of aryl methyl sites for hydroxylation is 1. The van der Waals surface area contributed by atoms with Crippen LogP contribution in [0.4, 0.5) is 5.82 Å². The first kappa shape index (κ1) is 16.1. The molecule has 136 valence electrons. The summed E-state index contributed by atoms with van der Waals surface area (Å²) in [6, 6.07) is 14.0. The van der Waals surface area contributed by atoms with Gasteiger partial charge in [0.25, 0.3) is 0 Å². The molecule has 4 fully saturated rings. The highest BCUT2D eigenvalue weighted by atomic mass is 16.5. The minimum Gasteiger partial charge on any atom is -0.497 e. The third-order valence-corrected chi connectivity index (χ3v) is 6.62. The Labute approximate surface area is 155 Å². The van der Waals surface area contributed by atoms with Crippen LogP contribution in [0.5, 0.6) is 5.75 Å². The van der Waals surface area contributed by atoms with Crippen molar-refractivity contribution in [3.05, 3.63) is 47.7 Å². The van der Waals surface area contributed by atoms with Crippen LogP contribution in [0, 0.1) is 12.8 Å². The zero-order valence-electron chi connectivity index (χ0n) is 15.5. The molecule has 3 atom stereocenters. The Hall–Kier alpha value is -2.14. The Balaban J connectivity index is 1.52. The average Bonchev–Trinajstić information content (AvgIpc) is 3.12. The van der Waals surface area contributed by atoms with Gasteiger partial charge in [0.05, 0.1) is 12.8 Å². The molecule has 0 spiro atoms. The van der Waals surface area contributed by atoms with E-state index in [1.165, 1.54) is 31.5 Å². The van der Waals surface area contributed by atoms with Crippen molar-refractivity contribution in [3.63, 3.8) is 0 Å². The van der Waals surface area contributed by atoms with Crippen molar-refractivity contribution < 1.29 is 4.74 Å². The largest absolute Gasteiger partial charge is 0.497 e. The molecule has 0 saturated carbocycles. The monoisotopic (exact) mass is 350 g/mol. The van der Waals surface area contributed by atoms with Crippen LogP contribution in [0.3, 0.4) is 0 Å². The smallest absolute Gasteiger partial charge is 0.151 e. The highest BCUT2D eigenvalue weighted by Crippen LogP contribution is 2.47. The van der Waals surface area contributed by atoms with E-state index in [2.05, 4.69) is 56.4 Å². The average molecular weight is 350 g/mol. The van der Waals surface area contributed by atoms with Crippen LogP contribution >= 0.6 is 0 Å². The molecule has 26 heavy (non-hydrogen) atoms. The number of methoxy groups -OCH3 is 1. The van der Waals surface area contributed by atoms with Crippen molar-refractivity contribution in [1.82, 2.24) is 15.1 Å². The first-order valence-corrected chi connectivity index (χ1v) is 9.69. The van der Waals surface area contributed by atoms with E-state index < -0.39 is 0 Å². The maximum absolute atomic E-state index is 5.35. The van der Waals surface area contributed by atoms with Crippen LogP contribution in [0.25, 0.3) is 0 Å². The van der Waals surface area contributed by atoms with Gasteiger partial charge in [-0.3, -0.25) is 4.90 Å². The van der Waals surface area contributed by atoms with Gasteiger partial charge < -0.3 is 9.64 Å². The lowest BCUT2D eigenvalue weighted by Crippen LogP contribution is -2.60. The topological polar surface area (TPSA) is 41.5 Å². The Morgan fingerprint density at radius 1 is 0.962 bits per heavy atom. The second-order valence-electron chi connectivity index (χ2n) is 7.92. The number of aromatic nitrogens is 2. The number of hydrogen-bond donors (Lipinski definition) is 0. The molecule has 5 heterocycles. The predicted molar refractivity (Wildman–Crippen MR) is 102 cm³/mol. The van der Waals surface area contributed by atoms with Gasteiger partial charge in [0.1, 0.15) is 5.75 Å². The van der Waals surface area contributed by atoms with Crippen LogP contribution < -0.4 is 9.64 Å². The lowest BCUT2D eigenvalue weighted by atomic mass is 9.75. The first-order chi connectivity index (χ1) is 12.7. The van der Waals surface area contributed by atoms with E-state index in [0.29, 0.717) is 18.0 Å². The van der Waals surface area contributed by atoms with Gasteiger partial charge in [0.15, 0.2) is 5.82 Å². The third kappa shape index (κ3) is 2.49. The van der Waals surface area contributed by atoms with Gasteiger partial charge in [-0.05, 0) is 68.6 Å². The van der Waals surface area contributed by atoms with Crippen LogP contribution in [0.1, 0.15) is 30.0 Å². The van der Waals surface area contributed by atoms with E-state index in [9.17, 15) is 0 Å². The number of nitrogens with zero attached hydrogens (tertiary/aromatic N) is 4. The highest BCUT2D eigenvalue weighted by molar-refractivity contribution is 5.46. The molecular weight excluding hydrogens is 324 g/mol. The van der Waals surface area contributed by atoms with E-state index in [0.717, 1.165) is 29.7 Å². The van der Waals surface area contributed by atoms with Gasteiger partial charge in [-0.2, -0.15) is 5.10 Å². The van der Waals surface area contributed by atoms with Crippen molar-refractivity contribution in [2.45, 2.75) is 37.8 Å². The molecule has 0 N–H and O–H groups in total. The molecule has 2 aromatic rings. The van der Waals surface area contributed by atoms with Crippen molar-refractivity contribution >= 4 is 5.82 Å². The summed E-state index contributed by atoms with van der Waals surface area (Å²) in [5, 5.41) is 8.85. The van der Waals surface area contributed by atoms with Crippen LogP contribution in [-0.4, -0.2) is 53.9 Å². The standard InChI is InChI=1S/C21H26N4O/c1-14-3-8-19(23-22-14)25-13-18(15-4-6-17(26-2)7-5-15)21-20(25)16-9-11-24(21)12-10-16/h3-8,16,18,20-21H,9-13H2,1-2H3/t18-,20+,21+/m1/s1. The zero-order valence-corrected chi connectivity index (χ0v) is 15.5. The second-order valence-corrected chi connectivity index (χ2v) is 7.92. The molecule has 1 aromatic heterocycles. The molecule has 0 unspecified atom stereocenters. The molecule has 6 rings (SSSR count). The fourth-order valence-corrected chi connectivity index (χ4v) is 5.37. The normalized spacial score (nSPS) is 32.5. The Morgan fingerprint density at radius 3 is 2.38 bits per heavy atom. The summed E-state index contributed by atoms with van der Waals surface area (Å²) in [6.45, 7) is 5.50. The van der Waals surface area contributed by atoms with Gasteiger partial charge in [-0.15, -0.1) is 5.10 Å².